The Morgan fingerprint density at radius 1 is 0.550 bits per heavy atom. The Morgan fingerprint density at radius 2 is 0.883 bits per heavy atom. The average molecular weight is 2620 g/mol. The van der Waals surface area contributed by atoms with Crippen molar-refractivity contribution in [3.05, 3.63) is 96.3 Å². The molecular weight excluding hydrogens is 2560 g/mol. The Bertz CT molecular complexity index is 1400. The molecule has 0 aliphatic rings. The monoisotopic (exact) mass is 2620 g/mol. The van der Waals surface area contributed by atoms with Gasteiger partial charge in [0.25, 0.3) is 11.8 Å². The molecule has 0 fully saturated rings. The SMILES string of the molecule is CI.C[N+](C)(C)CCCCC(=O)Cc1ccc(NC(=O)c2ccc(C(=O)Nc3ccc(NC(=O)NCCC[N+](C)(C)C)cc3)cc2)cc1.[B]I.[B][CH2-].[I-].[I-].[U].[U].[U].[U].[U].[U]. The number of carbonyl (C=O) groups is 4. The van der Waals surface area contributed by atoms with Gasteiger partial charge in [-0.2, -0.15) is 30.2 Å². The molecule has 4 radical (unpaired) electrons. The third-order valence-electron chi connectivity index (χ3n) is 7.25. The van der Waals surface area contributed by atoms with Crippen LogP contribution in [0, 0.1) is 194 Å². The minimum atomic E-state index is -0.318. The summed E-state index contributed by atoms with van der Waals surface area (Å²) in [5, 5.41) is 11.3. The van der Waals surface area contributed by atoms with E-state index in [2.05, 4.69) is 107 Å². The van der Waals surface area contributed by atoms with Gasteiger partial charge in [-0.25, -0.2) is 4.79 Å². The number of benzene rings is 3. The molecule has 3 aromatic carbocycles. The summed E-state index contributed by atoms with van der Waals surface area (Å²) in [5.41, 5.74) is 8.02. The van der Waals surface area contributed by atoms with Gasteiger partial charge in [-0.3, -0.25) is 14.4 Å². The predicted octanol–water partition coefficient (Wildman–Crippen LogP) is 0.908. The zero-order chi connectivity index (χ0) is 39.7. The van der Waals surface area contributed by atoms with Crippen molar-refractivity contribution in [2.45, 2.75) is 32.1 Å². The van der Waals surface area contributed by atoms with E-state index in [-0.39, 0.29) is 258 Å². The Balaban J connectivity index is -0.000000254. The summed E-state index contributed by atoms with van der Waals surface area (Å²) in [6, 6.07) is 20.3. The van der Waals surface area contributed by atoms with E-state index in [1.807, 2.05) is 17.1 Å². The molecule has 0 bridgehead atoms. The van der Waals surface area contributed by atoms with E-state index in [4.69, 9.17) is 0 Å². The van der Waals surface area contributed by atoms with Crippen LogP contribution in [0.15, 0.2) is 72.8 Å². The number of alkyl halides is 1. The van der Waals surface area contributed by atoms with Gasteiger partial charge in [0.2, 0.25) is 0 Å². The molecule has 0 aliphatic heterocycles. The summed E-state index contributed by atoms with van der Waals surface area (Å²) < 4.78 is 1.74. The first-order chi connectivity index (χ1) is 24.7. The van der Waals surface area contributed by atoms with Gasteiger partial charge in [-0.05, 0) is 84.0 Å². The molecule has 22 heteroatoms. The van der Waals surface area contributed by atoms with E-state index in [1.54, 1.807) is 83.0 Å². The molecule has 3 rings (SSSR count). The number of quaternary nitrogens is 2. The fraction of sp³-hybridized carbons (Fsp3) is 0.395. The second kappa shape index (κ2) is 50.2. The minimum absolute atomic E-state index is 0. The molecule has 0 saturated carbocycles. The van der Waals surface area contributed by atoms with Crippen molar-refractivity contribution < 1.29 is 263 Å². The van der Waals surface area contributed by atoms with Gasteiger partial charge in [0.05, 0.1) is 55.4 Å². The topological polar surface area (TPSA) is 116 Å². The number of hydrogen-bond acceptors (Lipinski definition) is 4. The molecule has 3 aromatic rings. The molecular formula is C38H55B2I4N6O4U6-. The molecule has 10 nitrogen and oxygen atoms in total. The van der Waals surface area contributed by atoms with Crippen LogP contribution in [-0.2, 0) is 11.2 Å². The van der Waals surface area contributed by atoms with Crippen LogP contribution in [0.5, 0.6) is 0 Å². The zero-order valence-electron chi connectivity index (χ0n) is 35.5. The van der Waals surface area contributed by atoms with Crippen LogP contribution in [0.25, 0.3) is 0 Å². The normalized spacial score (nSPS) is 9.03. The van der Waals surface area contributed by atoms with Crippen molar-refractivity contribution in [1.29, 1.82) is 0 Å². The third kappa shape index (κ3) is 42.9. The van der Waals surface area contributed by atoms with Crippen LogP contribution >= 0.6 is 45.0 Å². The largest absolute Gasteiger partial charge is 1.00 e. The number of amides is 4. The maximum absolute atomic E-state index is 12.8. The second-order valence-electron chi connectivity index (χ2n) is 13.7. The van der Waals surface area contributed by atoms with Crippen molar-refractivity contribution in [3.63, 3.8) is 0 Å². The predicted molar refractivity (Wildman–Crippen MR) is 236 cm³/mol. The van der Waals surface area contributed by atoms with Crippen LogP contribution in [-0.4, -0.2) is 113 Å². The number of carbonyl (C=O) groups excluding carboxylic acids is 4. The quantitative estimate of drug-likeness (QED) is 0.0427. The number of halogens is 4. The fourth-order valence-electron chi connectivity index (χ4n) is 4.68. The number of urea groups is 1. The van der Waals surface area contributed by atoms with Crippen LogP contribution in [0.1, 0.15) is 52.0 Å². The van der Waals surface area contributed by atoms with E-state index in [0.717, 1.165) is 46.9 Å². The van der Waals surface area contributed by atoms with Crippen molar-refractivity contribution in [1.82, 2.24) is 5.32 Å². The maximum atomic E-state index is 12.8. The zero-order valence-corrected chi connectivity index (χ0v) is 69.1. The van der Waals surface area contributed by atoms with Crippen molar-refractivity contribution in [3.8, 4) is 0 Å². The maximum Gasteiger partial charge on any atom is 0.319 e. The number of nitrogens with zero attached hydrogens (tertiary/aromatic N) is 2. The minimum Gasteiger partial charge on any atom is -1.00 e. The standard InChI is InChI=1S/C36H48N6O4.CH2B.CH3I.BI.2HI.6U/c1-41(2,3)24-8-7-10-33(43)26-27-11-17-30(18-12-27)38-34(44)28-13-15-29(16-14-28)35(45)39-31-19-21-32(22-20-31)40-36(46)37-23-9-25-42(4,5)6;3*1-2;;;;;;;;/h11-22H,7-10,23-26H2,1-6H3,(H2-2,37,38,39,40,44,45,46);1H2;1H3;;2*1H;;;;;;/q;-1;;;;;;;;;;. The van der Waals surface area contributed by atoms with Crippen LogP contribution in [0.3, 0.4) is 0 Å². The second-order valence-corrected chi connectivity index (χ2v) is 13.7. The van der Waals surface area contributed by atoms with Gasteiger partial charge >= 0.3 is 6.03 Å². The van der Waals surface area contributed by atoms with E-state index < -0.39 is 0 Å². The number of unbranched alkanes of at least 4 members (excludes halogenated alkanes) is 1. The van der Waals surface area contributed by atoms with E-state index >= 15 is 0 Å². The molecule has 0 saturated heterocycles. The molecule has 4 amide bonds. The van der Waals surface area contributed by atoms with Gasteiger partial charge in [0.15, 0.2) is 5.70 Å². The van der Waals surface area contributed by atoms with Crippen molar-refractivity contribution in [2.75, 3.05) is 82.8 Å². The first-order valence-corrected chi connectivity index (χ1v) is 20.2. The van der Waals surface area contributed by atoms with Gasteiger partial charge in [0, 0.05) is 241 Å². The summed E-state index contributed by atoms with van der Waals surface area (Å²) in [5.74, 6) is -0.396. The number of rotatable bonds is 16. The molecule has 4 N–H and O–H groups in total. The Labute approximate surface area is 567 Å². The number of anilines is 3. The summed E-state index contributed by atoms with van der Waals surface area (Å²) >= 11 is 3.80. The molecule has 0 unspecified atom stereocenters. The average Bonchev–Trinajstić information content (AvgIpc) is 3.12. The first-order valence-electron chi connectivity index (χ1n) is 16.8. The fourth-order valence-corrected chi connectivity index (χ4v) is 4.68. The van der Waals surface area contributed by atoms with Crippen molar-refractivity contribution in [2.24, 2.45) is 0 Å². The summed E-state index contributed by atoms with van der Waals surface area (Å²) in [7, 11) is 17.0. The summed E-state index contributed by atoms with van der Waals surface area (Å²) in [6.07, 6.45) is 3.76. The van der Waals surface area contributed by atoms with E-state index in [1.165, 1.54) is 0 Å². The van der Waals surface area contributed by atoms with E-state index in [9.17, 15) is 19.2 Å². The first kappa shape index (κ1) is 84.7. The molecule has 60 heavy (non-hydrogen) atoms. The Morgan fingerprint density at radius 3 is 1.25 bits per heavy atom. The molecule has 0 atom stereocenters. The van der Waals surface area contributed by atoms with Crippen LogP contribution in [0.4, 0.5) is 21.9 Å². The number of hydrogen-bond donors (Lipinski definition) is 4. The van der Waals surface area contributed by atoms with Gasteiger partial charge in [0.1, 0.15) is 5.78 Å². The summed E-state index contributed by atoms with van der Waals surface area (Å²) in [4.78, 5) is 52.0. The number of nitrogens with one attached hydrogen (secondary N) is 4. The molecule has 0 spiro atoms. The van der Waals surface area contributed by atoms with Crippen molar-refractivity contribution >= 4 is 99.2 Å². The molecule has 320 valence electrons. The molecule has 0 aromatic heterocycles. The van der Waals surface area contributed by atoms with Gasteiger partial charge in [-0.1, -0.05) is 34.7 Å². The smallest absolute Gasteiger partial charge is 0.319 e. The Kier molecular flexibility index (Phi) is 70.9. The number of ketones is 1. The molecule has 0 aliphatic carbocycles. The van der Waals surface area contributed by atoms with Gasteiger partial charge < -0.3 is 85.0 Å². The number of Topliss-reactive ketones (excluding diaryl/α,β-unsaturated/α-hetero) is 1. The van der Waals surface area contributed by atoms with Gasteiger partial charge in [-0.15, -0.1) is 0 Å². The molecule has 0 heterocycles. The van der Waals surface area contributed by atoms with Crippen LogP contribution in [0.2, 0.25) is 0 Å². The van der Waals surface area contributed by atoms with E-state index in [0.29, 0.717) is 47.6 Å². The Hall–Kier alpha value is 4.82. The third-order valence-corrected chi connectivity index (χ3v) is 7.25. The summed E-state index contributed by atoms with van der Waals surface area (Å²) in [6.45, 7) is 5.35. The van der Waals surface area contributed by atoms with Crippen LogP contribution < -0.4 is 69.2 Å².